The molecule has 3 fully saturated rings. The van der Waals surface area contributed by atoms with E-state index in [1.54, 1.807) is 4.90 Å². The van der Waals surface area contributed by atoms with Crippen molar-refractivity contribution in [1.29, 1.82) is 0 Å². The standard InChI is InChI=1S/C19H23NO5/c1-19(24-9-10-25-19)14-11-16-17(21)8-7-15(14)20(16)18(22)23-12-13-5-3-2-4-6-13/h2-6,14-16H,7-12H2,1H3/t14-,15+,16+/m0/s1. The van der Waals surface area contributed by atoms with Crippen LogP contribution in [-0.4, -0.2) is 47.9 Å². The molecule has 1 amide bonds. The van der Waals surface area contributed by atoms with E-state index in [0.29, 0.717) is 32.5 Å². The molecule has 3 saturated heterocycles. The van der Waals surface area contributed by atoms with Crippen LogP contribution < -0.4 is 0 Å². The molecule has 0 unspecified atom stereocenters. The van der Waals surface area contributed by atoms with Gasteiger partial charge < -0.3 is 14.2 Å². The number of hydrogen-bond acceptors (Lipinski definition) is 5. The van der Waals surface area contributed by atoms with Gasteiger partial charge in [0.15, 0.2) is 11.6 Å². The second kappa shape index (κ2) is 6.42. The summed E-state index contributed by atoms with van der Waals surface area (Å²) in [6.07, 6.45) is 1.31. The molecule has 0 saturated carbocycles. The van der Waals surface area contributed by atoms with Gasteiger partial charge in [-0.1, -0.05) is 30.3 Å². The zero-order valence-electron chi connectivity index (χ0n) is 14.3. The maximum Gasteiger partial charge on any atom is 0.410 e. The number of Topliss-reactive ketones (excluding diaryl/α,β-unsaturated/α-hetero) is 1. The smallest absolute Gasteiger partial charge is 0.410 e. The van der Waals surface area contributed by atoms with E-state index in [9.17, 15) is 9.59 Å². The van der Waals surface area contributed by atoms with Crippen molar-refractivity contribution < 1.29 is 23.8 Å². The second-order valence-corrected chi connectivity index (χ2v) is 7.09. The molecule has 4 rings (SSSR count). The number of fused-ring (bicyclic) bond motifs is 2. The molecule has 1 aromatic rings. The van der Waals surface area contributed by atoms with E-state index in [4.69, 9.17) is 14.2 Å². The number of nitrogens with zero attached hydrogens (tertiary/aromatic N) is 1. The lowest BCUT2D eigenvalue weighted by atomic mass is 9.90. The topological polar surface area (TPSA) is 65.1 Å². The first kappa shape index (κ1) is 16.5. The molecule has 3 aliphatic heterocycles. The lowest BCUT2D eigenvalue weighted by molar-refractivity contribution is -0.186. The molecule has 6 heteroatoms. The maximum absolute atomic E-state index is 12.7. The summed E-state index contributed by atoms with van der Waals surface area (Å²) in [5.74, 6) is -0.616. The van der Waals surface area contributed by atoms with Gasteiger partial charge in [0.25, 0.3) is 0 Å². The van der Waals surface area contributed by atoms with E-state index in [-0.39, 0.29) is 24.3 Å². The van der Waals surface area contributed by atoms with Gasteiger partial charge in [-0.2, -0.15) is 0 Å². The third-order valence-corrected chi connectivity index (χ3v) is 5.64. The third-order valence-electron chi connectivity index (χ3n) is 5.64. The Hall–Kier alpha value is -1.92. The molecule has 134 valence electrons. The van der Waals surface area contributed by atoms with Crippen molar-refractivity contribution in [3.8, 4) is 0 Å². The minimum atomic E-state index is -0.720. The molecule has 25 heavy (non-hydrogen) atoms. The molecule has 6 nitrogen and oxygen atoms in total. The maximum atomic E-state index is 12.7. The molecule has 3 aliphatic rings. The molecule has 0 aromatic heterocycles. The van der Waals surface area contributed by atoms with Crippen molar-refractivity contribution in [2.24, 2.45) is 5.92 Å². The van der Waals surface area contributed by atoms with Gasteiger partial charge in [0.05, 0.1) is 19.3 Å². The van der Waals surface area contributed by atoms with Crippen molar-refractivity contribution in [3.05, 3.63) is 35.9 Å². The minimum Gasteiger partial charge on any atom is -0.445 e. The van der Waals surface area contributed by atoms with E-state index >= 15 is 0 Å². The zero-order valence-corrected chi connectivity index (χ0v) is 14.3. The molecular formula is C19H23NO5. The van der Waals surface area contributed by atoms with Gasteiger partial charge in [-0.3, -0.25) is 9.69 Å². The van der Waals surface area contributed by atoms with Crippen LogP contribution in [0.1, 0.15) is 31.7 Å². The van der Waals surface area contributed by atoms with Gasteiger partial charge in [0, 0.05) is 18.4 Å². The summed E-state index contributed by atoms with van der Waals surface area (Å²) in [6, 6.07) is 9.06. The van der Waals surface area contributed by atoms with Gasteiger partial charge >= 0.3 is 6.09 Å². The Balaban J connectivity index is 1.50. The normalized spacial score (nSPS) is 30.5. The first-order chi connectivity index (χ1) is 12.1. The number of carbonyl (C=O) groups is 2. The first-order valence-electron chi connectivity index (χ1n) is 8.88. The van der Waals surface area contributed by atoms with Gasteiger partial charge in [0.2, 0.25) is 0 Å². The van der Waals surface area contributed by atoms with Crippen LogP contribution in [0, 0.1) is 5.92 Å². The minimum absolute atomic E-state index is 0.00396. The van der Waals surface area contributed by atoms with Crippen molar-refractivity contribution in [1.82, 2.24) is 4.90 Å². The number of benzene rings is 1. The lowest BCUT2D eigenvalue weighted by Gasteiger charge is -2.37. The van der Waals surface area contributed by atoms with Gasteiger partial charge in [-0.15, -0.1) is 0 Å². The quantitative estimate of drug-likeness (QED) is 0.842. The summed E-state index contributed by atoms with van der Waals surface area (Å²) in [5, 5.41) is 0. The number of hydrogen-bond donors (Lipinski definition) is 0. The van der Waals surface area contributed by atoms with Crippen molar-refractivity contribution in [2.75, 3.05) is 13.2 Å². The summed E-state index contributed by atoms with van der Waals surface area (Å²) in [4.78, 5) is 26.7. The Morgan fingerprint density at radius 1 is 1.28 bits per heavy atom. The van der Waals surface area contributed by atoms with Gasteiger partial charge in [0.1, 0.15) is 6.61 Å². The molecule has 0 spiro atoms. The largest absolute Gasteiger partial charge is 0.445 e. The second-order valence-electron chi connectivity index (χ2n) is 7.09. The highest BCUT2D eigenvalue weighted by molar-refractivity contribution is 5.89. The fraction of sp³-hybridized carbons (Fsp3) is 0.579. The highest BCUT2D eigenvalue weighted by atomic mass is 16.7. The van der Waals surface area contributed by atoms with Crippen LogP contribution in [0.3, 0.4) is 0 Å². The van der Waals surface area contributed by atoms with E-state index < -0.39 is 17.9 Å². The van der Waals surface area contributed by atoms with Gasteiger partial charge in [-0.25, -0.2) is 4.79 Å². The number of carbonyl (C=O) groups excluding carboxylic acids is 2. The van der Waals surface area contributed by atoms with Crippen LogP contribution in [0.4, 0.5) is 4.79 Å². The number of piperidine rings is 1. The number of ketones is 1. The molecule has 3 heterocycles. The Kier molecular flexibility index (Phi) is 4.25. The highest BCUT2D eigenvalue weighted by Crippen LogP contribution is 2.46. The summed E-state index contributed by atoms with van der Waals surface area (Å²) in [5.41, 5.74) is 0.928. The Morgan fingerprint density at radius 3 is 2.72 bits per heavy atom. The van der Waals surface area contributed by atoms with Crippen molar-refractivity contribution in [3.63, 3.8) is 0 Å². The first-order valence-corrected chi connectivity index (χ1v) is 8.88. The molecule has 0 aliphatic carbocycles. The molecule has 1 aromatic carbocycles. The van der Waals surface area contributed by atoms with E-state index in [1.165, 1.54) is 0 Å². The number of rotatable bonds is 3. The average Bonchev–Trinajstić information content (AvgIpc) is 3.19. The summed E-state index contributed by atoms with van der Waals surface area (Å²) < 4.78 is 17.1. The Morgan fingerprint density at radius 2 is 2.00 bits per heavy atom. The molecule has 0 N–H and O–H groups in total. The summed E-state index contributed by atoms with van der Waals surface area (Å²) in [6.45, 7) is 3.23. The van der Waals surface area contributed by atoms with Crippen molar-refractivity contribution >= 4 is 11.9 Å². The molecule has 3 atom stereocenters. The number of amides is 1. The van der Waals surface area contributed by atoms with Crippen LogP contribution >= 0.6 is 0 Å². The predicted octanol–water partition coefficient (Wildman–Crippen LogP) is 2.51. The molecule has 2 bridgehead atoms. The summed E-state index contributed by atoms with van der Waals surface area (Å²) >= 11 is 0. The fourth-order valence-electron chi connectivity index (χ4n) is 4.38. The van der Waals surface area contributed by atoms with Crippen LogP contribution in [0.5, 0.6) is 0 Å². The highest BCUT2D eigenvalue weighted by Gasteiger charge is 2.57. The van der Waals surface area contributed by atoms with Crippen LogP contribution in [0.25, 0.3) is 0 Å². The zero-order chi connectivity index (χ0) is 17.4. The average molecular weight is 345 g/mol. The Labute approximate surface area is 147 Å². The van der Waals surface area contributed by atoms with E-state index in [0.717, 1.165) is 5.56 Å². The van der Waals surface area contributed by atoms with Crippen LogP contribution in [0.2, 0.25) is 0 Å². The number of ether oxygens (including phenoxy) is 3. The van der Waals surface area contributed by atoms with Gasteiger partial charge in [-0.05, 0) is 25.3 Å². The monoisotopic (exact) mass is 345 g/mol. The lowest BCUT2D eigenvalue weighted by Crippen LogP contribution is -2.51. The van der Waals surface area contributed by atoms with E-state index in [2.05, 4.69) is 0 Å². The third kappa shape index (κ3) is 2.93. The Bertz CT molecular complexity index is 655. The van der Waals surface area contributed by atoms with Crippen molar-refractivity contribution in [2.45, 2.75) is 50.7 Å². The summed E-state index contributed by atoms with van der Waals surface area (Å²) in [7, 11) is 0. The van der Waals surface area contributed by atoms with Crippen LogP contribution in [-0.2, 0) is 25.6 Å². The van der Waals surface area contributed by atoms with Crippen LogP contribution in [0.15, 0.2) is 30.3 Å². The molecule has 0 radical (unpaired) electrons. The SMILES string of the molecule is CC1([C@H]2C[C@@H]3C(=O)CC[C@H]2N3C(=O)OCc2ccccc2)OCCO1. The van der Waals surface area contributed by atoms with E-state index in [1.807, 2.05) is 37.3 Å². The fourth-order valence-corrected chi connectivity index (χ4v) is 4.38. The predicted molar refractivity (Wildman–Crippen MR) is 88.7 cm³/mol. The molecular weight excluding hydrogens is 322 g/mol.